The lowest BCUT2D eigenvalue weighted by Crippen LogP contribution is -2.10. The third kappa shape index (κ3) is 3.11. The Kier molecular flexibility index (Phi) is 4.38. The van der Waals surface area contributed by atoms with Crippen LogP contribution in [0.4, 0.5) is 11.5 Å². The van der Waals surface area contributed by atoms with Gasteiger partial charge in [0, 0.05) is 11.6 Å². The minimum Gasteiger partial charge on any atom is -0.339 e. The molecule has 1 aromatic heterocycles. The van der Waals surface area contributed by atoms with Gasteiger partial charge in [0.2, 0.25) is 0 Å². The van der Waals surface area contributed by atoms with E-state index in [0.29, 0.717) is 16.2 Å². The number of aromatic amines is 1. The Hall–Kier alpha value is -1.33. The molecular formula is C12H11BrClN3O. The summed E-state index contributed by atoms with van der Waals surface area (Å²) >= 11 is 8.86. The minimum atomic E-state index is -0.216. The van der Waals surface area contributed by atoms with E-state index >= 15 is 0 Å². The molecule has 0 fully saturated rings. The predicted molar refractivity (Wildman–Crippen MR) is 76.7 cm³/mol. The van der Waals surface area contributed by atoms with Crippen molar-refractivity contribution in [3.8, 4) is 0 Å². The molecule has 0 amide bonds. The zero-order valence-electron chi connectivity index (χ0n) is 9.41. The van der Waals surface area contributed by atoms with Crippen LogP contribution < -0.4 is 10.9 Å². The second-order valence-electron chi connectivity index (χ2n) is 3.66. The molecule has 0 aliphatic rings. The number of hydrogen-bond acceptors (Lipinski definition) is 3. The molecule has 0 bridgehead atoms. The molecule has 0 aliphatic heterocycles. The highest BCUT2D eigenvalue weighted by atomic mass is 79.9. The molecule has 2 aromatic rings. The minimum absolute atomic E-state index is 0.216. The van der Waals surface area contributed by atoms with E-state index in [2.05, 4.69) is 31.2 Å². The molecule has 4 nitrogen and oxygen atoms in total. The third-order valence-electron chi connectivity index (χ3n) is 2.40. The Morgan fingerprint density at radius 1 is 1.33 bits per heavy atom. The summed E-state index contributed by atoms with van der Waals surface area (Å²) in [6.07, 6.45) is 2.20. The van der Waals surface area contributed by atoms with Crippen LogP contribution in [-0.2, 0) is 6.42 Å². The molecule has 0 saturated heterocycles. The van der Waals surface area contributed by atoms with Crippen molar-refractivity contribution in [2.24, 2.45) is 0 Å². The summed E-state index contributed by atoms with van der Waals surface area (Å²) < 4.78 is 0.384. The molecule has 0 unspecified atom stereocenters. The number of H-pyrrole nitrogens is 1. The van der Waals surface area contributed by atoms with Gasteiger partial charge in [0.15, 0.2) is 5.82 Å². The number of aromatic nitrogens is 2. The van der Waals surface area contributed by atoms with E-state index in [1.165, 1.54) is 11.9 Å². The van der Waals surface area contributed by atoms with E-state index < -0.39 is 0 Å². The smallest absolute Gasteiger partial charge is 0.267 e. The van der Waals surface area contributed by atoms with Crippen molar-refractivity contribution in [2.75, 3.05) is 11.2 Å². The number of rotatable bonds is 4. The standard InChI is InChI=1S/C12H11BrClN3O/c13-10-11(15-7-16-12(10)18)17-9-3-1-8(2-4-9)5-6-14/h1-4,7H,5-6H2,(H2,15,16,17,18). The number of anilines is 2. The van der Waals surface area contributed by atoms with Gasteiger partial charge in [-0.1, -0.05) is 12.1 Å². The van der Waals surface area contributed by atoms with Crippen LogP contribution in [0.5, 0.6) is 0 Å². The average Bonchev–Trinajstić information content (AvgIpc) is 2.38. The highest BCUT2D eigenvalue weighted by Crippen LogP contribution is 2.20. The Morgan fingerprint density at radius 2 is 2.06 bits per heavy atom. The number of nitrogens with one attached hydrogen (secondary N) is 2. The van der Waals surface area contributed by atoms with Gasteiger partial charge in [-0.2, -0.15) is 0 Å². The molecule has 6 heteroatoms. The largest absolute Gasteiger partial charge is 0.339 e. The predicted octanol–water partition coefficient (Wildman–Crippen LogP) is 3.06. The normalized spacial score (nSPS) is 10.3. The highest BCUT2D eigenvalue weighted by molar-refractivity contribution is 9.10. The molecule has 1 aromatic carbocycles. The Bertz CT molecular complexity index is 583. The first-order valence-corrected chi connectivity index (χ1v) is 6.68. The summed E-state index contributed by atoms with van der Waals surface area (Å²) in [6, 6.07) is 7.84. The molecule has 0 radical (unpaired) electrons. The first-order chi connectivity index (χ1) is 8.70. The molecule has 2 rings (SSSR count). The van der Waals surface area contributed by atoms with Crippen LogP contribution in [0.3, 0.4) is 0 Å². The zero-order valence-corrected chi connectivity index (χ0v) is 11.8. The summed E-state index contributed by atoms with van der Waals surface area (Å²) in [5, 5.41) is 3.07. The van der Waals surface area contributed by atoms with Crippen molar-refractivity contribution in [1.82, 2.24) is 9.97 Å². The third-order valence-corrected chi connectivity index (χ3v) is 3.32. The van der Waals surface area contributed by atoms with Gasteiger partial charge in [-0.25, -0.2) is 4.98 Å². The highest BCUT2D eigenvalue weighted by Gasteiger charge is 2.05. The fraction of sp³-hybridized carbons (Fsp3) is 0.167. The zero-order chi connectivity index (χ0) is 13.0. The van der Waals surface area contributed by atoms with Crippen LogP contribution in [0.1, 0.15) is 5.56 Å². The van der Waals surface area contributed by atoms with Crippen molar-refractivity contribution in [1.29, 1.82) is 0 Å². The van der Waals surface area contributed by atoms with Crippen molar-refractivity contribution >= 4 is 39.0 Å². The fourth-order valence-corrected chi connectivity index (χ4v) is 2.00. The number of aryl methyl sites for hydroxylation is 1. The molecule has 0 atom stereocenters. The maximum absolute atomic E-state index is 11.4. The van der Waals surface area contributed by atoms with Gasteiger partial charge in [-0.3, -0.25) is 4.79 Å². The van der Waals surface area contributed by atoms with E-state index in [9.17, 15) is 4.79 Å². The second kappa shape index (κ2) is 6.02. The van der Waals surface area contributed by atoms with Gasteiger partial charge in [-0.15, -0.1) is 11.6 Å². The monoisotopic (exact) mass is 327 g/mol. The number of halogens is 2. The quantitative estimate of drug-likeness (QED) is 0.848. The maximum atomic E-state index is 11.4. The summed E-state index contributed by atoms with van der Waals surface area (Å²) in [4.78, 5) is 17.9. The van der Waals surface area contributed by atoms with Crippen molar-refractivity contribution in [2.45, 2.75) is 6.42 Å². The number of benzene rings is 1. The summed E-state index contributed by atoms with van der Waals surface area (Å²) in [6.45, 7) is 0. The van der Waals surface area contributed by atoms with Crippen LogP contribution >= 0.6 is 27.5 Å². The Labute approximate surface area is 118 Å². The molecule has 0 spiro atoms. The second-order valence-corrected chi connectivity index (χ2v) is 4.83. The number of nitrogens with zero attached hydrogens (tertiary/aromatic N) is 1. The molecule has 1 heterocycles. The molecular weight excluding hydrogens is 318 g/mol. The number of hydrogen-bond donors (Lipinski definition) is 2. The summed E-state index contributed by atoms with van der Waals surface area (Å²) in [5.74, 6) is 1.09. The lowest BCUT2D eigenvalue weighted by Gasteiger charge is -2.07. The van der Waals surface area contributed by atoms with Crippen molar-refractivity contribution in [3.63, 3.8) is 0 Å². The summed E-state index contributed by atoms with van der Waals surface area (Å²) in [5.41, 5.74) is 1.83. The first kappa shape index (κ1) is 13.1. The van der Waals surface area contributed by atoms with Crippen molar-refractivity contribution < 1.29 is 0 Å². The van der Waals surface area contributed by atoms with Gasteiger partial charge in [0.25, 0.3) is 5.56 Å². The molecule has 18 heavy (non-hydrogen) atoms. The average molecular weight is 329 g/mol. The van der Waals surface area contributed by atoms with Crippen molar-refractivity contribution in [3.05, 3.63) is 51.0 Å². The topological polar surface area (TPSA) is 57.8 Å². The van der Waals surface area contributed by atoms with Crippen LogP contribution in [0.25, 0.3) is 0 Å². The van der Waals surface area contributed by atoms with Gasteiger partial charge >= 0.3 is 0 Å². The maximum Gasteiger partial charge on any atom is 0.267 e. The van der Waals surface area contributed by atoms with Gasteiger partial charge < -0.3 is 10.3 Å². The molecule has 0 saturated carbocycles. The van der Waals surface area contributed by atoms with Crippen LogP contribution in [0.15, 0.2) is 39.9 Å². The Morgan fingerprint density at radius 3 is 2.72 bits per heavy atom. The van der Waals surface area contributed by atoms with Crippen LogP contribution in [-0.4, -0.2) is 15.8 Å². The van der Waals surface area contributed by atoms with E-state index in [4.69, 9.17) is 11.6 Å². The fourth-order valence-electron chi connectivity index (χ4n) is 1.47. The molecule has 2 N–H and O–H groups in total. The molecule has 0 aliphatic carbocycles. The van der Waals surface area contributed by atoms with Crippen LogP contribution in [0.2, 0.25) is 0 Å². The molecule has 94 valence electrons. The number of alkyl halides is 1. The Balaban J connectivity index is 2.18. The van der Waals surface area contributed by atoms with E-state index in [1.807, 2.05) is 24.3 Å². The first-order valence-electron chi connectivity index (χ1n) is 5.36. The summed E-state index contributed by atoms with van der Waals surface area (Å²) in [7, 11) is 0. The van der Waals surface area contributed by atoms with E-state index in [0.717, 1.165) is 12.1 Å². The SMILES string of the molecule is O=c1[nH]cnc(Nc2ccc(CCCl)cc2)c1Br. The van der Waals surface area contributed by atoms with Gasteiger partial charge in [0.05, 0.1) is 6.33 Å². The van der Waals surface area contributed by atoms with E-state index in [1.54, 1.807) is 0 Å². The lowest BCUT2D eigenvalue weighted by atomic mass is 10.1. The van der Waals surface area contributed by atoms with Gasteiger partial charge in [-0.05, 0) is 40.0 Å². The lowest BCUT2D eigenvalue weighted by molar-refractivity contribution is 1.10. The van der Waals surface area contributed by atoms with Gasteiger partial charge in [0.1, 0.15) is 4.47 Å². The van der Waals surface area contributed by atoms with E-state index in [-0.39, 0.29) is 5.56 Å². The van der Waals surface area contributed by atoms with Crippen LogP contribution in [0, 0.1) is 0 Å².